The summed E-state index contributed by atoms with van der Waals surface area (Å²) in [6.45, 7) is 5.81. The fraction of sp³-hybridized carbons (Fsp3) is 0.750. The number of urea groups is 1. The number of nitrogens with two attached hydrogens (primary N) is 1. The minimum Gasteiger partial charge on any atom is -0.481 e. The molecule has 0 radical (unpaired) electrons. The number of hydrogen-bond acceptors (Lipinski definition) is 3. The van der Waals surface area contributed by atoms with Gasteiger partial charge in [0, 0.05) is 19.6 Å². The average Bonchev–Trinajstić information content (AvgIpc) is 2.68. The second kappa shape index (κ2) is 5.46. The summed E-state index contributed by atoms with van der Waals surface area (Å²) in [7, 11) is 0. The number of primary amides is 1. The van der Waals surface area contributed by atoms with E-state index in [1.54, 1.807) is 20.8 Å². The Bertz CT molecular complexity index is 394. The lowest BCUT2D eigenvalue weighted by Crippen LogP contribution is -2.46. The van der Waals surface area contributed by atoms with E-state index in [0.717, 1.165) is 0 Å². The van der Waals surface area contributed by atoms with E-state index in [0.29, 0.717) is 6.54 Å². The zero-order chi connectivity index (χ0) is 14.8. The van der Waals surface area contributed by atoms with Crippen LogP contribution in [0.25, 0.3) is 0 Å². The maximum absolute atomic E-state index is 11.9. The highest BCUT2D eigenvalue weighted by Crippen LogP contribution is 2.23. The van der Waals surface area contributed by atoms with Gasteiger partial charge in [-0.2, -0.15) is 0 Å². The van der Waals surface area contributed by atoms with Gasteiger partial charge in [-0.3, -0.25) is 9.59 Å². The van der Waals surface area contributed by atoms with Gasteiger partial charge in [0.25, 0.3) is 0 Å². The topological polar surface area (TPSA) is 113 Å². The molecule has 1 rings (SSSR count). The maximum atomic E-state index is 11.9. The largest absolute Gasteiger partial charge is 0.481 e. The second-order valence-corrected chi connectivity index (χ2v) is 5.73. The third-order valence-electron chi connectivity index (χ3n) is 3.57. The second-order valence-electron chi connectivity index (χ2n) is 5.73. The predicted molar refractivity (Wildman–Crippen MR) is 68.2 cm³/mol. The van der Waals surface area contributed by atoms with Crippen LogP contribution in [0.1, 0.15) is 20.8 Å². The molecule has 0 spiro atoms. The van der Waals surface area contributed by atoms with Crippen molar-refractivity contribution < 1.29 is 19.5 Å². The van der Waals surface area contributed by atoms with Crippen LogP contribution in [-0.4, -0.2) is 47.5 Å². The zero-order valence-electron chi connectivity index (χ0n) is 11.5. The number of hydrogen-bond donors (Lipinski definition) is 3. The molecule has 0 saturated carbocycles. The Kier molecular flexibility index (Phi) is 4.39. The van der Waals surface area contributed by atoms with Crippen LogP contribution in [0.2, 0.25) is 0 Å². The minimum absolute atomic E-state index is 0.0765. The van der Waals surface area contributed by atoms with Crippen molar-refractivity contribution in [2.75, 3.05) is 19.6 Å². The summed E-state index contributed by atoms with van der Waals surface area (Å²) in [6, 6.07) is -0.357. The van der Waals surface area contributed by atoms with Gasteiger partial charge in [-0.25, -0.2) is 4.79 Å². The Balaban J connectivity index is 2.53. The van der Waals surface area contributed by atoms with E-state index in [9.17, 15) is 14.4 Å². The Morgan fingerprint density at radius 1 is 1.37 bits per heavy atom. The molecule has 2 unspecified atom stereocenters. The number of aliphatic carboxylic acids is 1. The highest BCUT2D eigenvalue weighted by molar-refractivity contribution is 5.82. The summed E-state index contributed by atoms with van der Waals surface area (Å²) < 4.78 is 0. The Morgan fingerprint density at radius 2 is 1.95 bits per heavy atom. The lowest BCUT2D eigenvalue weighted by molar-refractivity contribution is -0.142. The Labute approximate surface area is 112 Å². The maximum Gasteiger partial charge on any atom is 0.317 e. The van der Waals surface area contributed by atoms with E-state index in [2.05, 4.69) is 5.32 Å². The van der Waals surface area contributed by atoms with Crippen LogP contribution in [0.4, 0.5) is 4.79 Å². The van der Waals surface area contributed by atoms with Gasteiger partial charge >= 0.3 is 12.0 Å². The predicted octanol–water partition coefficient (Wildman–Crippen LogP) is -0.140. The molecule has 1 heterocycles. The molecule has 0 aliphatic carbocycles. The molecule has 7 heteroatoms. The van der Waals surface area contributed by atoms with Crippen molar-refractivity contribution in [3.05, 3.63) is 0 Å². The van der Waals surface area contributed by atoms with Crippen molar-refractivity contribution in [3.63, 3.8) is 0 Å². The van der Waals surface area contributed by atoms with Crippen LogP contribution < -0.4 is 11.1 Å². The van der Waals surface area contributed by atoms with Crippen molar-refractivity contribution in [3.8, 4) is 0 Å². The first-order valence-corrected chi connectivity index (χ1v) is 6.20. The van der Waals surface area contributed by atoms with Crippen molar-refractivity contribution >= 4 is 17.9 Å². The molecule has 2 atom stereocenters. The highest BCUT2D eigenvalue weighted by Gasteiger charge is 2.37. The summed E-state index contributed by atoms with van der Waals surface area (Å²) >= 11 is 0. The molecule has 0 aromatic rings. The van der Waals surface area contributed by atoms with Gasteiger partial charge in [0.2, 0.25) is 5.91 Å². The third-order valence-corrected chi connectivity index (χ3v) is 3.57. The van der Waals surface area contributed by atoms with Gasteiger partial charge in [0.05, 0.1) is 11.3 Å². The smallest absolute Gasteiger partial charge is 0.317 e. The fourth-order valence-corrected chi connectivity index (χ4v) is 1.95. The van der Waals surface area contributed by atoms with E-state index in [1.165, 1.54) is 4.90 Å². The van der Waals surface area contributed by atoms with Gasteiger partial charge in [-0.05, 0) is 19.8 Å². The van der Waals surface area contributed by atoms with Gasteiger partial charge in [0.1, 0.15) is 0 Å². The number of carboxylic acid groups (broad SMARTS) is 1. The SMILES string of the molecule is CC1CN(C(=O)NCC(C)(C)C(N)=O)CC1C(=O)O. The Hall–Kier alpha value is -1.79. The molecule has 1 saturated heterocycles. The number of carboxylic acids is 1. The number of nitrogens with one attached hydrogen (secondary N) is 1. The number of carbonyl (C=O) groups is 3. The zero-order valence-corrected chi connectivity index (χ0v) is 11.5. The van der Waals surface area contributed by atoms with E-state index >= 15 is 0 Å². The average molecular weight is 271 g/mol. The van der Waals surface area contributed by atoms with E-state index in [-0.39, 0.29) is 25.0 Å². The summed E-state index contributed by atoms with van der Waals surface area (Å²) in [5.41, 5.74) is 4.39. The van der Waals surface area contributed by atoms with Crippen molar-refractivity contribution in [1.29, 1.82) is 0 Å². The van der Waals surface area contributed by atoms with Gasteiger partial charge < -0.3 is 21.1 Å². The van der Waals surface area contributed by atoms with Crippen molar-refractivity contribution in [2.24, 2.45) is 23.0 Å². The number of amides is 3. The Morgan fingerprint density at radius 3 is 2.37 bits per heavy atom. The molecule has 4 N–H and O–H groups in total. The lowest BCUT2D eigenvalue weighted by atomic mass is 9.93. The summed E-state index contributed by atoms with van der Waals surface area (Å²) in [4.78, 5) is 35.5. The molecular weight excluding hydrogens is 250 g/mol. The van der Waals surface area contributed by atoms with Crippen LogP contribution in [0.15, 0.2) is 0 Å². The van der Waals surface area contributed by atoms with Crippen LogP contribution in [0.5, 0.6) is 0 Å². The van der Waals surface area contributed by atoms with Crippen LogP contribution in [0, 0.1) is 17.3 Å². The first-order valence-electron chi connectivity index (χ1n) is 6.20. The van der Waals surface area contributed by atoms with Crippen LogP contribution in [-0.2, 0) is 9.59 Å². The van der Waals surface area contributed by atoms with Gasteiger partial charge in [-0.1, -0.05) is 6.92 Å². The molecule has 1 fully saturated rings. The molecule has 0 aromatic heterocycles. The summed E-state index contributed by atoms with van der Waals surface area (Å²) in [5, 5.41) is 11.6. The quantitative estimate of drug-likeness (QED) is 0.660. The summed E-state index contributed by atoms with van der Waals surface area (Å²) in [5.74, 6) is -1.99. The minimum atomic E-state index is -0.889. The van der Waals surface area contributed by atoms with Gasteiger partial charge in [0.15, 0.2) is 0 Å². The number of carbonyl (C=O) groups excluding carboxylic acids is 2. The molecule has 1 aliphatic rings. The number of likely N-dealkylation sites (tertiary alicyclic amines) is 1. The molecule has 0 aromatic carbocycles. The molecule has 1 aliphatic heterocycles. The monoisotopic (exact) mass is 271 g/mol. The molecule has 108 valence electrons. The summed E-state index contributed by atoms with van der Waals surface area (Å²) in [6.07, 6.45) is 0. The molecule has 7 nitrogen and oxygen atoms in total. The lowest BCUT2D eigenvalue weighted by Gasteiger charge is -2.23. The number of nitrogens with zero attached hydrogens (tertiary/aromatic N) is 1. The highest BCUT2D eigenvalue weighted by atomic mass is 16.4. The normalized spacial score (nSPS) is 23.2. The van der Waals surface area contributed by atoms with Crippen LogP contribution >= 0.6 is 0 Å². The van der Waals surface area contributed by atoms with Gasteiger partial charge in [-0.15, -0.1) is 0 Å². The first kappa shape index (κ1) is 15.3. The molecule has 19 heavy (non-hydrogen) atoms. The first-order chi connectivity index (χ1) is 8.65. The number of rotatable bonds is 4. The molecule has 3 amide bonds. The fourth-order valence-electron chi connectivity index (χ4n) is 1.95. The third kappa shape index (κ3) is 3.59. The molecular formula is C12H21N3O4. The van der Waals surface area contributed by atoms with Crippen molar-refractivity contribution in [2.45, 2.75) is 20.8 Å². The standard InChI is InChI=1S/C12H21N3O4/c1-7-4-15(5-8(7)9(16)17)11(19)14-6-12(2,3)10(13)18/h7-8H,4-6H2,1-3H3,(H2,13,18)(H,14,19)(H,16,17). The molecule has 0 bridgehead atoms. The van der Waals surface area contributed by atoms with E-state index in [1.807, 2.05) is 0 Å². The van der Waals surface area contributed by atoms with Crippen LogP contribution in [0.3, 0.4) is 0 Å². The van der Waals surface area contributed by atoms with Crippen molar-refractivity contribution in [1.82, 2.24) is 10.2 Å². The van der Waals surface area contributed by atoms with E-state index < -0.39 is 23.2 Å². The van der Waals surface area contributed by atoms with E-state index in [4.69, 9.17) is 10.8 Å².